The summed E-state index contributed by atoms with van der Waals surface area (Å²) in [6.45, 7) is 3.93. The molecule has 0 radical (unpaired) electrons. The average Bonchev–Trinajstić information content (AvgIpc) is 3.05. The van der Waals surface area contributed by atoms with Crippen molar-refractivity contribution in [2.24, 2.45) is 0 Å². The highest BCUT2D eigenvalue weighted by Gasteiger charge is 2.26. The van der Waals surface area contributed by atoms with Crippen molar-refractivity contribution in [2.75, 3.05) is 43.0 Å². The summed E-state index contributed by atoms with van der Waals surface area (Å²) in [5.74, 6) is 1.19. The van der Waals surface area contributed by atoms with Crippen molar-refractivity contribution in [3.63, 3.8) is 0 Å². The van der Waals surface area contributed by atoms with Gasteiger partial charge in [0.1, 0.15) is 5.82 Å². The molecule has 0 bridgehead atoms. The minimum absolute atomic E-state index is 0.341. The first-order chi connectivity index (χ1) is 13.6. The predicted octanol–water partition coefficient (Wildman–Crippen LogP) is 1.98. The van der Waals surface area contributed by atoms with E-state index in [1.807, 2.05) is 13.1 Å². The molecule has 9 heteroatoms. The van der Waals surface area contributed by atoms with Crippen molar-refractivity contribution in [1.82, 2.24) is 20.6 Å². The number of carbonyl (C=O) groups is 2. The van der Waals surface area contributed by atoms with Gasteiger partial charge < -0.3 is 15.1 Å². The average molecular weight is 403 g/mol. The molecule has 3 fully saturated rings. The van der Waals surface area contributed by atoms with Gasteiger partial charge in [0.25, 0.3) is 11.1 Å². The van der Waals surface area contributed by atoms with E-state index in [0.717, 1.165) is 69.4 Å². The van der Waals surface area contributed by atoms with Crippen molar-refractivity contribution < 1.29 is 9.59 Å². The van der Waals surface area contributed by atoms with Crippen LogP contribution in [0.15, 0.2) is 11.0 Å². The molecule has 1 aromatic heterocycles. The van der Waals surface area contributed by atoms with Crippen LogP contribution in [0.5, 0.6) is 0 Å². The lowest BCUT2D eigenvalue weighted by Crippen LogP contribution is -2.45. The molecule has 2 N–H and O–H groups in total. The van der Waals surface area contributed by atoms with Gasteiger partial charge in [-0.25, -0.2) is 4.98 Å². The van der Waals surface area contributed by atoms with E-state index in [4.69, 9.17) is 9.97 Å². The highest BCUT2D eigenvalue weighted by Crippen LogP contribution is 2.28. The van der Waals surface area contributed by atoms with E-state index in [9.17, 15) is 9.59 Å². The molecule has 150 valence electrons. The first kappa shape index (κ1) is 19.2. The Kier molecular flexibility index (Phi) is 5.82. The number of anilines is 2. The van der Waals surface area contributed by atoms with E-state index in [-0.39, 0.29) is 11.1 Å². The summed E-state index contributed by atoms with van der Waals surface area (Å²) < 4.78 is 0. The van der Waals surface area contributed by atoms with Crippen LogP contribution in [-0.2, 0) is 4.79 Å². The maximum absolute atomic E-state index is 11.9. The number of hydrogen-bond acceptors (Lipinski definition) is 8. The number of likely N-dealkylation sites (N-methyl/N-ethyl adjacent to an activating group) is 1. The Morgan fingerprint density at radius 3 is 2.71 bits per heavy atom. The third-order valence-corrected chi connectivity index (χ3v) is 6.27. The van der Waals surface area contributed by atoms with E-state index >= 15 is 0 Å². The Morgan fingerprint density at radius 1 is 1.21 bits per heavy atom. The molecule has 1 atom stereocenters. The van der Waals surface area contributed by atoms with Crippen molar-refractivity contribution in [3.8, 4) is 0 Å². The second-order valence-corrected chi connectivity index (χ2v) is 8.48. The topological polar surface area (TPSA) is 90.5 Å². The fraction of sp³-hybridized carbons (Fsp3) is 0.579. The number of aromatic nitrogens is 2. The van der Waals surface area contributed by atoms with Crippen LogP contribution in [0.1, 0.15) is 37.8 Å². The van der Waals surface area contributed by atoms with Gasteiger partial charge in [0.15, 0.2) is 0 Å². The number of hydrogen-bond donors (Lipinski definition) is 2. The monoisotopic (exact) mass is 402 g/mol. The number of imide groups is 1. The lowest BCUT2D eigenvalue weighted by molar-refractivity contribution is -0.115. The number of thioether (sulfide) groups is 1. The number of rotatable bonds is 4. The molecule has 3 aliphatic heterocycles. The molecule has 28 heavy (non-hydrogen) atoms. The Morgan fingerprint density at radius 2 is 2.04 bits per heavy atom. The standard InChI is InChI=1S/C19H26N6O2S/c1-24(14-6-5-7-20-12-14)18-21-13(10-15-17(26)23-19(27)28-15)11-16(22-18)25-8-3-2-4-9-25/h10-11,14,20H,2-9,12H2,1H3,(H,23,26,27)/b15-10-. The van der Waals surface area contributed by atoms with Gasteiger partial charge in [0, 0.05) is 38.8 Å². The molecule has 8 nitrogen and oxygen atoms in total. The van der Waals surface area contributed by atoms with Crippen LogP contribution < -0.4 is 20.4 Å². The minimum Gasteiger partial charge on any atom is -0.356 e. The summed E-state index contributed by atoms with van der Waals surface area (Å²) >= 11 is 0.916. The van der Waals surface area contributed by atoms with Crippen molar-refractivity contribution in [1.29, 1.82) is 0 Å². The minimum atomic E-state index is -0.362. The van der Waals surface area contributed by atoms with Gasteiger partial charge in [-0.05, 0) is 56.5 Å². The van der Waals surface area contributed by atoms with Gasteiger partial charge in [-0.3, -0.25) is 14.9 Å². The van der Waals surface area contributed by atoms with Gasteiger partial charge in [-0.1, -0.05) is 0 Å². The zero-order valence-electron chi connectivity index (χ0n) is 16.1. The maximum Gasteiger partial charge on any atom is 0.290 e. The number of amides is 2. The normalized spacial score (nSPS) is 24.5. The van der Waals surface area contributed by atoms with Crippen molar-refractivity contribution in [3.05, 3.63) is 16.7 Å². The molecule has 0 spiro atoms. The number of nitrogens with one attached hydrogen (secondary N) is 2. The lowest BCUT2D eigenvalue weighted by atomic mass is 10.1. The summed E-state index contributed by atoms with van der Waals surface area (Å²) in [5.41, 5.74) is 0.661. The second kappa shape index (κ2) is 8.48. The predicted molar refractivity (Wildman–Crippen MR) is 111 cm³/mol. The number of piperidine rings is 2. The van der Waals surface area contributed by atoms with Gasteiger partial charge in [-0.15, -0.1) is 0 Å². The molecule has 0 aromatic carbocycles. The fourth-order valence-corrected chi connectivity index (χ4v) is 4.51. The highest BCUT2D eigenvalue weighted by molar-refractivity contribution is 8.18. The largest absolute Gasteiger partial charge is 0.356 e. The van der Waals surface area contributed by atoms with E-state index in [0.29, 0.717) is 22.6 Å². The summed E-state index contributed by atoms with van der Waals surface area (Å²) in [6.07, 6.45) is 7.49. The number of nitrogens with zero attached hydrogens (tertiary/aromatic N) is 4. The summed E-state index contributed by atoms with van der Waals surface area (Å²) in [5, 5.41) is 5.39. The zero-order valence-corrected chi connectivity index (χ0v) is 16.9. The summed E-state index contributed by atoms with van der Waals surface area (Å²) in [4.78, 5) is 37.8. The van der Waals surface area contributed by atoms with Crippen LogP contribution in [0, 0.1) is 0 Å². The molecule has 1 aromatic rings. The molecule has 3 aliphatic rings. The molecule has 3 saturated heterocycles. The van der Waals surface area contributed by atoms with E-state index in [1.165, 1.54) is 6.42 Å². The van der Waals surface area contributed by atoms with Gasteiger partial charge in [0.2, 0.25) is 5.95 Å². The summed E-state index contributed by atoms with van der Waals surface area (Å²) in [7, 11) is 2.03. The highest BCUT2D eigenvalue weighted by atomic mass is 32.2. The second-order valence-electron chi connectivity index (χ2n) is 7.46. The lowest BCUT2D eigenvalue weighted by Gasteiger charge is -2.33. The van der Waals surface area contributed by atoms with E-state index < -0.39 is 0 Å². The molecule has 1 unspecified atom stereocenters. The van der Waals surface area contributed by atoms with Crippen LogP contribution in [0.2, 0.25) is 0 Å². The molecule has 4 heterocycles. The maximum atomic E-state index is 11.9. The Labute approximate surface area is 169 Å². The van der Waals surface area contributed by atoms with Gasteiger partial charge in [0.05, 0.1) is 10.6 Å². The number of carbonyl (C=O) groups excluding carboxylic acids is 2. The molecule has 0 saturated carbocycles. The molecule has 4 rings (SSSR count). The third kappa shape index (κ3) is 4.30. The van der Waals surface area contributed by atoms with Crippen LogP contribution >= 0.6 is 11.8 Å². The molecule has 2 amide bonds. The Hall–Kier alpha value is -2.13. The fourth-order valence-electron chi connectivity index (χ4n) is 3.84. The van der Waals surface area contributed by atoms with Gasteiger partial charge >= 0.3 is 0 Å². The molecular weight excluding hydrogens is 376 g/mol. The Bertz CT molecular complexity index is 787. The molecular formula is C19H26N6O2S. The summed E-state index contributed by atoms with van der Waals surface area (Å²) in [6, 6.07) is 2.27. The third-order valence-electron chi connectivity index (χ3n) is 5.46. The zero-order chi connectivity index (χ0) is 19.5. The van der Waals surface area contributed by atoms with Gasteiger partial charge in [-0.2, -0.15) is 4.98 Å². The van der Waals surface area contributed by atoms with Crippen LogP contribution in [-0.4, -0.2) is 60.4 Å². The molecule has 0 aliphatic carbocycles. The SMILES string of the molecule is CN(c1nc(/C=C2\SC(=O)NC2=O)cc(N2CCCCC2)n1)C1CCCNC1. The smallest absolute Gasteiger partial charge is 0.290 e. The van der Waals surface area contributed by atoms with E-state index in [1.54, 1.807) is 6.08 Å². The van der Waals surface area contributed by atoms with E-state index in [2.05, 4.69) is 20.4 Å². The van der Waals surface area contributed by atoms with Crippen LogP contribution in [0.25, 0.3) is 6.08 Å². The Balaban J connectivity index is 1.67. The quantitative estimate of drug-likeness (QED) is 0.739. The van der Waals surface area contributed by atoms with Crippen LogP contribution in [0.3, 0.4) is 0 Å². The van der Waals surface area contributed by atoms with Crippen molar-refractivity contribution in [2.45, 2.75) is 38.1 Å². The first-order valence-corrected chi connectivity index (χ1v) is 10.7. The van der Waals surface area contributed by atoms with Crippen LogP contribution in [0.4, 0.5) is 16.6 Å². The van der Waals surface area contributed by atoms with Crippen molar-refractivity contribution >= 4 is 40.8 Å². The first-order valence-electron chi connectivity index (χ1n) is 9.92.